The second-order valence-electron chi connectivity index (χ2n) is 4.36. The van der Waals surface area contributed by atoms with E-state index in [4.69, 9.17) is 0 Å². The van der Waals surface area contributed by atoms with Gasteiger partial charge in [0.15, 0.2) is 0 Å². The Labute approximate surface area is 122 Å². The molecule has 0 aliphatic carbocycles. The van der Waals surface area contributed by atoms with Crippen molar-refractivity contribution in [3.63, 3.8) is 0 Å². The minimum Gasteiger partial charge on any atom is -0.126 e. The summed E-state index contributed by atoms with van der Waals surface area (Å²) in [7, 11) is 0.791. The van der Waals surface area contributed by atoms with Gasteiger partial charge in [0, 0.05) is 10.6 Å². The second kappa shape index (κ2) is 8.03. The predicted octanol–water partition coefficient (Wildman–Crippen LogP) is 4.02. The molecule has 0 spiro atoms. The van der Waals surface area contributed by atoms with E-state index >= 15 is 0 Å². The van der Waals surface area contributed by atoms with Crippen molar-refractivity contribution < 1.29 is 0 Å². The molecule has 0 aliphatic heterocycles. The molecule has 0 saturated heterocycles. The fraction of sp³-hybridized carbons (Fsp3) is 0.176. The van der Waals surface area contributed by atoms with Gasteiger partial charge in [-0.2, -0.15) is 0 Å². The van der Waals surface area contributed by atoms with Gasteiger partial charge in [-0.1, -0.05) is 65.0 Å². The fourth-order valence-corrected chi connectivity index (χ4v) is 3.33. The average molecular weight is 282 g/mol. The van der Waals surface area contributed by atoms with Crippen LogP contribution in [-0.4, -0.2) is 15.3 Å². The zero-order valence-corrected chi connectivity index (χ0v) is 13.0. The maximum Gasteiger partial charge on any atom is 0.111 e. The van der Waals surface area contributed by atoms with E-state index in [-0.39, 0.29) is 0 Å². The topological polar surface area (TPSA) is 0 Å². The molecule has 2 aromatic rings. The summed E-state index contributed by atoms with van der Waals surface area (Å²) in [6.07, 6.45) is 3.44. The van der Waals surface area contributed by atoms with Crippen LogP contribution >= 0.6 is 11.8 Å². The molecule has 2 radical (unpaired) electrons. The Morgan fingerprint density at radius 1 is 1.00 bits per heavy atom. The highest BCUT2D eigenvalue weighted by Crippen LogP contribution is 2.18. The van der Waals surface area contributed by atoms with Crippen LogP contribution in [0.1, 0.15) is 12.0 Å². The molecule has 0 bridgehead atoms. The molecule has 0 aliphatic rings. The van der Waals surface area contributed by atoms with E-state index in [9.17, 15) is 0 Å². The first-order valence-corrected chi connectivity index (χ1v) is 8.57. The van der Waals surface area contributed by atoms with Crippen LogP contribution in [0.25, 0.3) is 0 Å². The number of benzene rings is 2. The molecule has 0 amide bonds. The average Bonchev–Trinajstić information content (AvgIpc) is 2.46. The first kappa shape index (κ1) is 14.2. The van der Waals surface area contributed by atoms with Crippen LogP contribution in [-0.2, 0) is 0 Å². The summed E-state index contributed by atoms with van der Waals surface area (Å²) in [5, 5.41) is 1.41. The number of hydrogen-bond acceptors (Lipinski definition) is 1. The van der Waals surface area contributed by atoms with Crippen molar-refractivity contribution in [3.05, 3.63) is 71.9 Å². The maximum absolute atomic E-state index is 2.30. The summed E-state index contributed by atoms with van der Waals surface area (Å²) >= 11 is 1.93. The lowest BCUT2D eigenvalue weighted by molar-refractivity contribution is 1.24. The third-order valence-electron chi connectivity index (χ3n) is 2.72. The molecule has 0 aromatic heterocycles. The van der Waals surface area contributed by atoms with Crippen molar-refractivity contribution in [2.45, 2.75) is 18.2 Å². The van der Waals surface area contributed by atoms with E-state index < -0.39 is 0 Å². The minimum absolute atomic E-state index is 0.791. The van der Waals surface area contributed by atoms with Crippen molar-refractivity contribution in [1.29, 1.82) is 0 Å². The summed E-state index contributed by atoms with van der Waals surface area (Å²) in [6.45, 7) is 2.13. The number of allylic oxidation sites excluding steroid dienone is 1. The lowest BCUT2D eigenvalue weighted by atomic mass is 10.2. The Hall–Kier alpha value is -1.25. The fourth-order valence-electron chi connectivity index (χ4n) is 1.65. The van der Waals surface area contributed by atoms with Gasteiger partial charge >= 0.3 is 0 Å². The van der Waals surface area contributed by atoms with E-state index in [1.807, 2.05) is 11.8 Å². The van der Waals surface area contributed by atoms with Crippen molar-refractivity contribution in [1.82, 2.24) is 0 Å². The van der Waals surface area contributed by atoms with Gasteiger partial charge in [0.05, 0.1) is 0 Å². The van der Waals surface area contributed by atoms with E-state index in [0.29, 0.717) is 0 Å². The Kier molecular flexibility index (Phi) is 5.98. The molecule has 96 valence electrons. The Balaban J connectivity index is 1.65. The van der Waals surface area contributed by atoms with Crippen LogP contribution in [0.5, 0.6) is 0 Å². The Bertz CT molecular complexity index is 503. The molecule has 0 unspecified atom stereocenters. The third-order valence-corrected chi connectivity index (χ3v) is 4.83. The molecule has 0 heterocycles. The number of hydrogen-bond donors (Lipinski definition) is 0. The second-order valence-corrected chi connectivity index (χ2v) is 6.73. The number of aryl methyl sites for hydroxylation is 1. The predicted molar refractivity (Wildman–Crippen MR) is 87.5 cm³/mol. The van der Waals surface area contributed by atoms with Gasteiger partial charge in [0.25, 0.3) is 0 Å². The van der Waals surface area contributed by atoms with Crippen molar-refractivity contribution >= 4 is 26.5 Å². The third kappa shape index (κ3) is 5.49. The van der Waals surface area contributed by atoms with Gasteiger partial charge < -0.3 is 0 Å². The van der Waals surface area contributed by atoms with Crippen LogP contribution in [0.3, 0.4) is 0 Å². The number of rotatable bonds is 6. The minimum atomic E-state index is 0.791. The molecule has 2 heteroatoms. The van der Waals surface area contributed by atoms with Gasteiger partial charge in [0.2, 0.25) is 0 Å². The van der Waals surface area contributed by atoms with Gasteiger partial charge in [-0.25, -0.2) is 0 Å². The highest BCUT2D eigenvalue weighted by atomic mass is 32.2. The summed E-state index contributed by atoms with van der Waals surface area (Å²) < 4.78 is 0. The molecule has 2 aromatic carbocycles. The normalized spacial score (nSPS) is 11.0. The monoisotopic (exact) mass is 282 g/mol. The summed E-state index contributed by atoms with van der Waals surface area (Å²) in [5.41, 5.74) is 3.62. The summed E-state index contributed by atoms with van der Waals surface area (Å²) in [4.78, 5) is 1.37. The standard InChI is InChI=1S/C17H18SSi/c1-15-9-11-16(12-10-15)18-13-5-6-14-19-17-7-3-2-4-8-17/h2-4,6-12,14H,5,13H2,1H3/b14-6+. The first-order valence-electron chi connectivity index (χ1n) is 6.51. The van der Waals surface area contributed by atoms with E-state index in [2.05, 4.69) is 73.3 Å². The van der Waals surface area contributed by atoms with Crippen molar-refractivity contribution in [2.75, 3.05) is 5.75 Å². The van der Waals surface area contributed by atoms with Gasteiger partial charge in [0.1, 0.15) is 9.52 Å². The smallest absolute Gasteiger partial charge is 0.111 e. The lowest BCUT2D eigenvalue weighted by Crippen LogP contribution is -2.10. The molecule has 2 rings (SSSR count). The Morgan fingerprint density at radius 3 is 2.47 bits per heavy atom. The molecular formula is C17H18SSi. The van der Waals surface area contributed by atoms with Crippen LogP contribution in [0.2, 0.25) is 0 Å². The van der Waals surface area contributed by atoms with Crippen LogP contribution in [0, 0.1) is 6.92 Å². The maximum atomic E-state index is 2.30. The van der Waals surface area contributed by atoms with E-state index in [0.717, 1.165) is 21.7 Å². The summed E-state index contributed by atoms with van der Waals surface area (Å²) in [6, 6.07) is 19.4. The zero-order chi connectivity index (χ0) is 13.3. The van der Waals surface area contributed by atoms with Crippen LogP contribution in [0.4, 0.5) is 0 Å². The lowest BCUT2D eigenvalue weighted by Gasteiger charge is -1.99. The van der Waals surface area contributed by atoms with Crippen LogP contribution < -0.4 is 5.19 Å². The van der Waals surface area contributed by atoms with Gasteiger partial charge in [-0.15, -0.1) is 11.8 Å². The molecule has 0 saturated carbocycles. The number of thioether (sulfide) groups is 1. The SMILES string of the molecule is Cc1ccc(SCC/C=C/[Si]c2ccccc2)cc1. The van der Waals surface area contributed by atoms with E-state index in [1.54, 1.807) is 0 Å². The zero-order valence-electron chi connectivity index (χ0n) is 11.2. The molecule has 0 fully saturated rings. The van der Waals surface area contributed by atoms with Crippen molar-refractivity contribution in [3.8, 4) is 0 Å². The quantitative estimate of drug-likeness (QED) is 0.438. The van der Waals surface area contributed by atoms with Gasteiger partial charge in [-0.3, -0.25) is 0 Å². The summed E-state index contributed by atoms with van der Waals surface area (Å²) in [5.74, 6) is 1.15. The van der Waals surface area contributed by atoms with Gasteiger partial charge in [-0.05, 0) is 25.5 Å². The molecule has 0 nitrogen and oxygen atoms in total. The molecule has 19 heavy (non-hydrogen) atoms. The van der Waals surface area contributed by atoms with Crippen molar-refractivity contribution in [2.24, 2.45) is 0 Å². The molecular weight excluding hydrogens is 264 g/mol. The van der Waals surface area contributed by atoms with Crippen LogP contribution in [0.15, 0.2) is 71.3 Å². The molecule has 0 N–H and O–H groups in total. The van der Waals surface area contributed by atoms with E-state index in [1.165, 1.54) is 15.6 Å². The largest absolute Gasteiger partial charge is 0.126 e. The highest BCUT2D eigenvalue weighted by Gasteiger charge is 1.92. The highest BCUT2D eigenvalue weighted by molar-refractivity contribution is 7.99. The first-order chi connectivity index (χ1) is 9.34. The Morgan fingerprint density at radius 2 is 1.74 bits per heavy atom. The molecule has 0 atom stereocenters.